The lowest BCUT2D eigenvalue weighted by Crippen LogP contribution is -2.50. The second kappa shape index (κ2) is 8.61. The summed E-state index contributed by atoms with van der Waals surface area (Å²) in [6, 6.07) is 12.3. The number of rotatable bonds is 5. The number of hydrogen-bond acceptors (Lipinski definition) is 4. The van der Waals surface area contributed by atoms with Crippen LogP contribution < -0.4 is 5.32 Å². The second-order valence-electron chi connectivity index (χ2n) is 6.96. The molecule has 8 heteroatoms. The Kier molecular flexibility index (Phi) is 6.40. The van der Waals surface area contributed by atoms with E-state index in [1.807, 2.05) is 36.9 Å². The molecule has 0 spiro atoms. The number of nitrogens with one attached hydrogen (secondary N) is 1. The normalized spacial score (nSPS) is 16.1. The van der Waals surface area contributed by atoms with E-state index < -0.39 is 10.0 Å². The summed E-state index contributed by atoms with van der Waals surface area (Å²) in [5, 5.41) is 3.12. The third kappa shape index (κ3) is 4.72. The molecule has 1 heterocycles. The minimum absolute atomic E-state index is 0.106. The van der Waals surface area contributed by atoms with Crippen molar-refractivity contribution in [3.63, 3.8) is 0 Å². The zero-order valence-electron chi connectivity index (χ0n) is 16.0. The molecule has 1 aliphatic heterocycles. The van der Waals surface area contributed by atoms with Crippen molar-refractivity contribution in [1.29, 1.82) is 0 Å². The number of carbonyl (C=O) groups is 1. The van der Waals surface area contributed by atoms with E-state index in [2.05, 4.69) is 5.32 Å². The monoisotopic (exact) mass is 421 g/mol. The van der Waals surface area contributed by atoms with Gasteiger partial charge in [0.05, 0.1) is 11.6 Å². The van der Waals surface area contributed by atoms with Gasteiger partial charge in [-0.2, -0.15) is 4.31 Å². The third-order valence-corrected chi connectivity index (χ3v) is 7.34. The number of aryl methyl sites for hydroxylation is 2. The van der Waals surface area contributed by atoms with Crippen LogP contribution in [0.15, 0.2) is 47.4 Å². The molecule has 1 amide bonds. The van der Waals surface area contributed by atoms with Crippen molar-refractivity contribution in [1.82, 2.24) is 9.21 Å². The Balaban J connectivity index is 1.56. The molecule has 0 radical (unpaired) electrons. The molecule has 3 rings (SSSR count). The summed E-state index contributed by atoms with van der Waals surface area (Å²) in [4.78, 5) is 14.4. The highest BCUT2D eigenvalue weighted by atomic mass is 35.5. The van der Waals surface area contributed by atoms with E-state index in [4.69, 9.17) is 11.6 Å². The first kappa shape index (κ1) is 20.8. The summed E-state index contributed by atoms with van der Waals surface area (Å²) in [5.41, 5.74) is 3.07. The lowest BCUT2D eigenvalue weighted by atomic mass is 10.1. The highest BCUT2D eigenvalue weighted by Gasteiger charge is 2.30. The van der Waals surface area contributed by atoms with Crippen LogP contribution in [0.4, 0.5) is 5.69 Å². The highest BCUT2D eigenvalue weighted by Crippen LogP contribution is 2.25. The van der Waals surface area contributed by atoms with E-state index in [-0.39, 0.29) is 22.4 Å². The molecular formula is C20H24ClN3O3S. The Hall–Kier alpha value is -1.93. The summed E-state index contributed by atoms with van der Waals surface area (Å²) in [7, 11) is -3.63. The van der Waals surface area contributed by atoms with Crippen molar-refractivity contribution in [2.45, 2.75) is 18.7 Å². The maximum atomic E-state index is 12.8. The van der Waals surface area contributed by atoms with Crippen molar-refractivity contribution in [2.24, 2.45) is 0 Å². The summed E-state index contributed by atoms with van der Waals surface area (Å²) in [6.45, 7) is 5.89. The van der Waals surface area contributed by atoms with Crippen LogP contribution >= 0.6 is 11.6 Å². The Morgan fingerprint density at radius 1 is 1.04 bits per heavy atom. The van der Waals surface area contributed by atoms with Gasteiger partial charge in [0.25, 0.3) is 0 Å². The quantitative estimate of drug-likeness (QED) is 0.805. The zero-order chi connectivity index (χ0) is 20.3. The van der Waals surface area contributed by atoms with Crippen molar-refractivity contribution in [3.05, 3.63) is 58.6 Å². The van der Waals surface area contributed by atoms with Gasteiger partial charge in [-0.25, -0.2) is 8.42 Å². The Labute approximate surface area is 171 Å². The van der Waals surface area contributed by atoms with Gasteiger partial charge in [0, 0.05) is 31.9 Å². The van der Waals surface area contributed by atoms with E-state index >= 15 is 0 Å². The van der Waals surface area contributed by atoms with Gasteiger partial charge < -0.3 is 5.32 Å². The standard InChI is InChI=1S/C20H24ClN3O3S/c1-15-7-8-17(13-16(15)2)22-20(25)14-23-9-11-24(12-10-23)28(26,27)19-6-4-3-5-18(19)21/h3-8,13H,9-12,14H2,1-2H3,(H,22,25). The average Bonchev–Trinajstić information content (AvgIpc) is 2.65. The number of anilines is 1. The second-order valence-corrected chi connectivity index (χ2v) is 9.27. The predicted molar refractivity (Wildman–Crippen MR) is 111 cm³/mol. The number of piperazine rings is 1. The van der Waals surface area contributed by atoms with E-state index in [9.17, 15) is 13.2 Å². The molecule has 1 N–H and O–H groups in total. The molecule has 0 aliphatic carbocycles. The van der Waals surface area contributed by atoms with Gasteiger partial charge in [-0.3, -0.25) is 9.69 Å². The maximum absolute atomic E-state index is 12.8. The molecule has 0 saturated carbocycles. The van der Waals surface area contributed by atoms with E-state index in [1.54, 1.807) is 18.2 Å². The van der Waals surface area contributed by atoms with Gasteiger partial charge in [-0.05, 0) is 49.2 Å². The summed E-state index contributed by atoms with van der Waals surface area (Å²) >= 11 is 6.05. The highest BCUT2D eigenvalue weighted by molar-refractivity contribution is 7.89. The van der Waals surface area contributed by atoms with Crippen LogP contribution in [-0.2, 0) is 14.8 Å². The smallest absolute Gasteiger partial charge is 0.244 e. The first-order valence-corrected chi connectivity index (χ1v) is 10.9. The lowest BCUT2D eigenvalue weighted by molar-refractivity contribution is -0.117. The van der Waals surface area contributed by atoms with Gasteiger partial charge in [0.1, 0.15) is 4.90 Å². The molecule has 1 fully saturated rings. The molecule has 0 bridgehead atoms. The van der Waals surface area contributed by atoms with E-state index in [0.717, 1.165) is 11.3 Å². The molecule has 0 unspecified atom stereocenters. The van der Waals surface area contributed by atoms with Crippen LogP contribution in [0.25, 0.3) is 0 Å². The fourth-order valence-corrected chi connectivity index (χ4v) is 5.06. The number of sulfonamides is 1. The lowest BCUT2D eigenvalue weighted by Gasteiger charge is -2.33. The van der Waals surface area contributed by atoms with Crippen LogP contribution in [0.5, 0.6) is 0 Å². The Morgan fingerprint density at radius 2 is 1.71 bits per heavy atom. The van der Waals surface area contributed by atoms with Crippen molar-refractivity contribution < 1.29 is 13.2 Å². The van der Waals surface area contributed by atoms with Gasteiger partial charge in [-0.15, -0.1) is 0 Å². The molecule has 150 valence electrons. The first-order chi connectivity index (χ1) is 13.3. The van der Waals surface area contributed by atoms with Crippen molar-refractivity contribution >= 4 is 33.2 Å². The van der Waals surface area contributed by atoms with Crippen molar-refractivity contribution in [3.8, 4) is 0 Å². The largest absolute Gasteiger partial charge is 0.325 e. The Bertz CT molecular complexity index is 970. The summed E-state index contributed by atoms with van der Waals surface area (Å²) < 4.78 is 27.0. The van der Waals surface area contributed by atoms with Crippen LogP contribution in [0.1, 0.15) is 11.1 Å². The van der Waals surface area contributed by atoms with Gasteiger partial charge in [0.15, 0.2) is 0 Å². The Morgan fingerprint density at radius 3 is 2.36 bits per heavy atom. The summed E-state index contributed by atoms with van der Waals surface area (Å²) in [6.07, 6.45) is 0. The third-order valence-electron chi connectivity index (χ3n) is 4.94. The van der Waals surface area contributed by atoms with Crippen LogP contribution in [0.2, 0.25) is 5.02 Å². The predicted octanol–water partition coefficient (Wildman–Crippen LogP) is 2.90. The number of halogens is 1. The van der Waals surface area contributed by atoms with Crippen molar-refractivity contribution in [2.75, 3.05) is 38.0 Å². The minimum atomic E-state index is -3.63. The van der Waals surface area contributed by atoms with E-state index in [0.29, 0.717) is 26.2 Å². The van der Waals surface area contributed by atoms with Crippen LogP contribution in [0, 0.1) is 13.8 Å². The maximum Gasteiger partial charge on any atom is 0.244 e. The van der Waals surface area contributed by atoms with Gasteiger partial charge in [-0.1, -0.05) is 29.8 Å². The number of amides is 1. The fraction of sp³-hybridized carbons (Fsp3) is 0.350. The van der Waals surface area contributed by atoms with Crippen LogP contribution in [0.3, 0.4) is 0 Å². The van der Waals surface area contributed by atoms with E-state index in [1.165, 1.54) is 15.9 Å². The topological polar surface area (TPSA) is 69.7 Å². The number of nitrogens with zero attached hydrogens (tertiary/aromatic N) is 2. The molecule has 2 aromatic rings. The SMILES string of the molecule is Cc1ccc(NC(=O)CN2CCN(S(=O)(=O)c3ccccc3Cl)CC2)cc1C. The fourth-order valence-electron chi connectivity index (χ4n) is 3.14. The number of benzene rings is 2. The van der Waals surface area contributed by atoms with Gasteiger partial charge >= 0.3 is 0 Å². The number of carbonyl (C=O) groups excluding carboxylic acids is 1. The average molecular weight is 422 g/mol. The molecule has 1 aliphatic rings. The van der Waals surface area contributed by atoms with Crippen LogP contribution in [-0.4, -0.2) is 56.3 Å². The van der Waals surface area contributed by atoms with Gasteiger partial charge in [0.2, 0.25) is 15.9 Å². The molecule has 1 saturated heterocycles. The minimum Gasteiger partial charge on any atom is -0.325 e. The molecule has 28 heavy (non-hydrogen) atoms. The first-order valence-electron chi connectivity index (χ1n) is 9.11. The molecule has 2 aromatic carbocycles. The molecule has 0 aromatic heterocycles. The summed E-state index contributed by atoms with van der Waals surface area (Å²) in [5.74, 6) is -0.106. The molecular weight excluding hydrogens is 398 g/mol. The molecule has 0 atom stereocenters. The molecule has 6 nitrogen and oxygen atoms in total. The zero-order valence-corrected chi connectivity index (χ0v) is 17.6. The number of hydrogen-bond donors (Lipinski definition) is 1.